The van der Waals surface area contributed by atoms with Gasteiger partial charge in [0.1, 0.15) is 0 Å². The topological polar surface area (TPSA) is 87.2 Å². The summed E-state index contributed by atoms with van der Waals surface area (Å²) in [6.45, 7) is 5.24. The number of rotatable bonds is 4. The van der Waals surface area contributed by atoms with Crippen LogP contribution >= 0.6 is 0 Å². The van der Waals surface area contributed by atoms with Crippen molar-refractivity contribution in [2.75, 3.05) is 23.7 Å². The van der Waals surface area contributed by atoms with Gasteiger partial charge < -0.3 is 15.5 Å². The predicted molar refractivity (Wildman–Crippen MR) is 100 cm³/mol. The van der Waals surface area contributed by atoms with Gasteiger partial charge in [-0.1, -0.05) is 6.92 Å². The van der Waals surface area contributed by atoms with E-state index in [1.807, 2.05) is 17.0 Å². The molecule has 0 saturated carbocycles. The summed E-state index contributed by atoms with van der Waals surface area (Å²) in [6, 6.07) is 10.7. The number of aromatic nitrogens is 2. The van der Waals surface area contributed by atoms with Crippen molar-refractivity contribution in [3.8, 4) is 0 Å². The van der Waals surface area contributed by atoms with Gasteiger partial charge in [0.2, 0.25) is 5.91 Å². The van der Waals surface area contributed by atoms with Crippen molar-refractivity contribution in [2.45, 2.75) is 26.7 Å². The Morgan fingerprint density at radius 1 is 1.00 bits per heavy atom. The van der Waals surface area contributed by atoms with Gasteiger partial charge in [-0.3, -0.25) is 9.59 Å². The molecule has 0 radical (unpaired) electrons. The van der Waals surface area contributed by atoms with Gasteiger partial charge in [-0.15, -0.1) is 10.2 Å². The molecule has 0 atom stereocenters. The Morgan fingerprint density at radius 2 is 1.65 bits per heavy atom. The second-order valence-electron chi connectivity index (χ2n) is 6.66. The van der Waals surface area contributed by atoms with Crippen molar-refractivity contribution in [3.05, 3.63) is 42.1 Å². The number of carbonyl (C=O) groups excluding carboxylic acids is 2. The quantitative estimate of drug-likeness (QED) is 0.882. The van der Waals surface area contributed by atoms with Gasteiger partial charge in [0.15, 0.2) is 11.5 Å². The largest absolute Gasteiger partial charge is 0.339 e. The molecule has 7 nitrogen and oxygen atoms in total. The molecule has 1 aliphatic heterocycles. The molecule has 1 aliphatic rings. The third kappa shape index (κ3) is 4.56. The number of benzene rings is 1. The lowest BCUT2D eigenvalue weighted by Crippen LogP contribution is -2.38. The number of nitrogens with zero attached hydrogens (tertiary/aromatic N) is 3. The lowest BCUT2D eigenvalue weighted by molar-refractivity contribution is -0.114. The minimum Gasteiger partial charge on any atom is -0.339 e. The molecule has 2 heterocycles. The van der Waals surface area contributed by atoms with Gasteiger partial charge in [-0.25, -0.2) is 0 Å². The van der Waals surface area contributed by atoms with E-state index < -0.39 is 0 Å². The molecule has 3 rings (SSSR count). The lowest BCUT2D eigenvalue weighted by Gasteiger charge is -2.29. The Morgan fingerprint density at radius 3 is 2.23 bits per heavy atom. The standard InChI is InChI=1S/C19H23N5O2/c1-13-9-11-24(12-10-13)19(26)17-7-8-18(23-22-17)21-16-5-3-15(4-6-16)20-14(2)25/h3-8,13H,9-12H2,1-2H3,(H,20,25)(H,21,23). The number of nitrogens with one attached hydrogen (secondary N) is 2. The zero-order valence-electron chi connectivity index (χ0n) is 15.0. The Hall–Kier alpha value is -2.96. The molecular weight excluding hydrogens is 330 g/mol. The van der Waals surface area contributed by atoms with E-state index in [9.17, 15) is 9.59 Å². The summed E-state index contributed by atoms with van der Waals surface area (Å²) >= 11 is 0. The lowest BCUT2D eigenvalue weighted by atomic mass is 9.99. The second kappa shape index (κ2) is 7.95. The van der Waals surface area contributed by atoms with E-state index in [4.69, 9.17) is 0 Å². The molecule has 0 spiro atoms. The van der Waals surface area contributed by atoms with Gasteiger partial charge >= 0.3 is 0 Å². The fourth-order valence-corrected chi connectivity index (χ4v) is 2.87. The maximum atomic E-state index is 12.5. The number of amides is 2. The highest BCUT2D eigenvalue weighted by Gasteiger charge is 2.22. The molecule has 1 aromatic heterocycles. The van der Waals surface area contributed by atoms with Crippen molar-refractivity contribution in [1.82, 2.24) is 15.1 Å². The molecule has 0 unspecified atom stereocenters. The summed E-state index contributed by atoms with van der Waals surface area (Å²) < 4.78 is 0. The van der Waals surface area contributed by atoms with Crippen LogP contribution in [-0.2, 0) is 4.79 Å². The van der Waals surface area contributed by atoms with Crippen LogP contribution in [0.25, 0.3) is 0 Å². The number of hydrogen-bond acceptors (Lipinski definition) is 5. The van der Waals surface area contributed by atoms with E-state index in [0.29, 0.717) is 17.4 Å². The van der Waals surface area contributed by atoms with Crippen LogP contribution in [-0.4, -0.2) is 40.0 Å². The highest BCUT2D eigenvalue weighted by atomic mass is 16.2. The molecule has 0 aliphatic carbocycles. The van der Waals surface area contributed by atoms with Gasteiger partial charge in [-0.2, -0.15) is 0 Å². The average Bonchev–Trinajstić information content (AvgIpc) is 2.64. The second-order valence-corrected chi connectivity index (χ2v) is 6.66. The Kier molecular flexibility index (Phi) is 5.46. The zero-order valence-corrected chi connectivity index (χ0v) is 15.0. The zero-order chi connectivity index (χ0) is 18.5. The van der Waals surface area contributed by atoms with E-state index in [2.05, 4.69) is 27.8 Å². The van der Waals surface area contributed by atoms with Gasteiger partial charge in [0, 0.05) is 31.4 Å². The number of anilines is 3. The van der Waals surface area contributed by atoms with Crippen molar-refractivity contribution in [1.29, 1.82) is 0 Å². The molecule has 1 aromatic carbocycles. The number of piperidine rings is 1. The van der Waals surface area contributed by atoms with Gasteiger partial charge in [0.05, 0.1) is 0 Å². The van der Waals surface area contributed by atoms with Crippen molar-refractivity contribution in [2.24, 2.45) is 5.92 Å². The third-order valence-corrected chi connectivity index (χ3v) is 4.43. The van der Waals surface area contributed by atoms with Crippen LogP contribution in [0.15, 0.2) is 36.4 Å². The first-order valence-electron chi connectivity index (χ1n) is 8.79. The molecule has 2 N–H and O–H groups in total. The minimum atomic E-state index is -0.111. The fourth-order valence-electron chi connectivity index (χ4n) is 2.87. The molecule has 26 heavy (non-hydrogen) atoms. The van der Waals surface area contributed by atoms with Crippen LogP contribution in [0.5, 0.6) is 0 Å². The maximum Gasteiger partial charge on any atom is 0.274 e. The first kappa shape index (κ1) is 17.8. The van der Waals surface area contributed by atoms with E-state index in [1.165, 1.54) is 6.92 Å². The van der Waals surface area contributed by atoms with Gasteiger partial charge in [0.25, 0.3) is 5.91 Å². The van der Waals surface area contributed by atoms with Crippen LogP contribution < -0.4 is 10.6 Å². The minimum absolute atomic E-state index is 0.0596. The van der Waals surface area contributed by atoms with Crippen LogP contribution in [0.4, 0.5) is 17.2 Å². The smallest absolute Gasteiger partial charge is 0.274 e. The summed E-state index contributed by atoms with van der Waals surface area (Å²) in [6.07, 6.45) is 2.07. The van der Waals surface area contributed by atoms with Crippen LogP contribution in [0, 0.1) is 5.92 Å². The van der Waals surface area contributed by atoms with Gasteiger partial charge in [-0.05, 0) is 55.2 Å². The summed E-state index contributed by atoms with van der Waals surface area (Å²) in [4.78, 5) is 25.3. The maximum absolute atomic E-state index is 12.5. The molecule has 2 aromatic rings. The summed E-state index contributed by atoms with van der Waals surface area (Å²) in [5.74, 6) is 1.06. The van der Waals surface area contributed by atoms with Crippen LogP contribution in [0.1, 0.15) is 37.2 Å². The van der Waals surface area contributed by atoms with E-state index in [-0.39, 0.29) is 11.8 Å². The molecule has 2 amide bonds. The summed E-state index contributed by atoms with van der Waals surface area (Å²) in [5, 5.41) is 14.0. The van der Waals surface area contributed by atoms with Crippen molar-refractivity contribution < 1.29 is 9.59 Å². The first-order valence-corrected chi connectivity index (χ1v) is 8.79. The van der Waals surface area contributed by atoms with E-state index in [1.54, 1.807) is 24.3 Å². The Labute approximate surface area is 152 Å². The highest BCUT2D eigenvalue weighted by Crippen LogP contribution is 2.19. The fraction of sp³-hybridized carbons (Fsp3) is 0.368. The molecule has 1 saturated heterocycles. The Balaban J connectivity index is 1.60. The molecule has 7 heteroatoms. The van der Waals surface area contributed by atoms with Crippen molar-refractivity contribution >= 4 is 29.0 Å². The normalized spacial score (nSPS) is 14.8. The molecular formula is C19H23N5O2. The summed E-state index contributed by atoms with van der Waals surface area (Å²) in [5.41, 5.74) is 1.91. The number of likely N-dealkylation sites (tertiary alicyclic amines) is 1. The first-order chi connectivity index (χ1) is 12.5. The van der Waals surface area contributed by atoms with Crippen molar-refractivity contribution in [3.63, 3.8) is 0 Å². The van der Waals surface area contributed by atoms with Crippen LogP contribution in [0.2, 0.25) is 0 Å². The third-order valence-electron chi connectivity index (χ3n) is 4.43. The molecule has 0 bridgehead atoms. The highest BCUT2D eigenvalue weighted by molar-refractivity contribution is 5.92. The molecule has 1 fully saturated rings. The molecule has 136 valence electrons. The summed E-state index contributed by atoms with van der Waals surface area (Å²) in [7, 11) is 0. The van der Waals surface area contributed by atoms with E-state index in [0.717, 1.165) is 37.3 Å². The SMILES string of the molecule is CC(=O)Nc1ccc(Nc2ccc(C(=O)N3CCC(C)CC3)nn2)cc1. The number of hydrogen-bond donors (Lipinski definition) is 2. The predicted octanol–water partition coefficient (Wildman–Crippen LogP) is 3.05. The van der Waals surface area contributed by atoms with Crippen LogP contribution in [0.3, 0.4) is 0 Å². The van der Waals surface area contributed by atoms with E-state index >= 15 is 0 Å². The average molecular weight is 353 g/mol. The Bertz CT molecular complexity index is 766. The number of carbonyl (C=O) groups is 2. The monoisotopic (exact) mass is 353 g/mol.